The Bertz CT molecular complexity index is 885. The van der Waals surface area contributed by atoms with Crippen LogP contribution in [-0.2, 0) is 14.3 Å². The number of amides is 1. The van der Waals surface area contributed by atoms with Crippen molar-refractivity contribution in [3.63, 3.8) is 0 Å². The summed E-state index contributed by atoms with van der Waals surface area (Å²) in [6, 6.07) is 11.6. The molecule has 2 aromatic rings. The minimum absolute atomic E-state index is 0.280. The molecule has 1 aliphatic rings. The monoisotopic (exact) mass is 420 g/mol. The zero-order valence-electron chi connectivity index (χ0n) is 16.1. The van der Waals surface area contributed by atoms with Crippen LogP contribution >= 0.6 is 11.6 Å². The second-order valence-corrected chi connectivity index (χ2v) is 7.11. The molecule has 2 aromatic carbocycles. The van der Waals surface area contributed by atoms with Crippen molar-refractivity contribution in [2.45, 2.75) is 6.92 Å². The van der Waals surface area contributed by atoms with Crippen LogP contribution in [0.15, 0.2) is 42.5 Å². The van der Waals surface area contributed by atoms with Crippen molar-refractivity contribution >= 4 is 29.2 Å². The van der Waals surface area contributed by atoms with E-state index in [9.17, 15) is 14.0 Å². The van der Waals surface area contributed by atoms with Crippen LogP contribution in [0.5, 0.6) is 5.75 Å². The highest BCUT2D eigenvalue weighted by atomic mass is 35.5. The van der Waals surface area contributed by atoms with Crippen LogP contribution in [-0.4, -0.2) is 56.2 Å². The molecule has 0 N–H and O–H groups in total. The number of benzene rings is 2. The summed E-state index contributed by atoms with van der Waals surface area (Å²) < 4.78 is 24.3. The first-order valence-electron chi connectivity index (χ1n) is 9.26. The zero-order chi connectivity index (χ0) is 20.8. The quantitative estimate of drug-likeness (QED) is 0.672. The molecule has 1 amide bonds. The molecule has 3 rings (SSSR count). The molecule has 29 heavy (non-hydrogen) atoms. The van der Waals surface area contributed by atoms with Crippen LogP contribution in [0.4, 0.5) is 10.1 Å². The van der Waals surface area contributed by atoms with Gasteiger partial charge in [0.05, 0.1) is 5.69 Å². The molecule has 1 heterocycles. The third kappa shape index (κ3) is 5.60. The fourth-order valence-electron chi connectivity index (χ4n) is 3.09. The summed E-state index contributed by atoms with van der Waals surface area (Å²) in [6.07, 6.45) is 0. The van der Waals surface area contributed by atoms with Gasteiger partial charge in [-0.1, -0.05) is 23.7 Å². The number of rotatable bonds is 6. The molecule has 154 valence electrons. The van der Waals surface area contributed by atoms with E-state index >= 15 is 0 Å². The van der Waals surface area contributed by atoms with Crippen LogP contribution in [0, 0.1) is 12.7 Å². The lowest BCUT2D eigenvalue weighted by atomic mass is 10.2. The molecule has 0 unspecified atom stereocenters. The van der Waals surface area contributed by atoms with Crippen molar-refractivity contribution in [3.05, 3.63) is 58.9 Å². The molecular formula is C21H22ClFN2O4. The number of aryl methyl sites for hydroxylation is 1. The smallest absolute Gasteiger partial charge is 0.344 e. The Hall–Kier alpha value is -2.80. The summed E-state index contributed by atoms with van der Waals surface area (Å²) in [5.41, 5.74) is 1.33. The lowest BCUT2D eigenvalue weighted by Crippen LogP contribution is -2.50. The van der Waals surface area contributed by atoms with Gasteiger partial charge in [0.25, 0.3) is 5.91 Å². The van der Waals surface area contributed by atoms with Gasteiger partial charge in [0.15, 0.2) is 13.2 Å². The Labute approximate surface area is 173 Å². The van der Waals surface area contributed by atoms with Gasteiger partial charge in [-0.25, -0.2) is 9.18 Å². The van der Waals surface area contributed by atoms with Gasteiger partial charge in [-0.15, -0.1) is 0 Å². The van der Waals surface area contributed by atoms with E-state index in [0.717, 1.165) is 5.56 Å². The first-order valence-corrected chi connectivity index (χ1v) is 9.63. The number of nitrogens with zero attached hydrogens (tertiary/aromatic N) is 2. The van der Waals surface area contributed by atoms with E-state index < -0.39 is 5.97 Å². The molecule has 1 fully saturated rings. The van der Waals surface area contributed by atoms with Crippen molar-refractivity contribution in [1.29, 1.82) is 0 Å². The zero-order valence-corrected chi connectivity index (χ0v) is 16.8. The highest BCUT2D eigenvalue weighted by molar-refractivity contribution is 6.30. The number of hydrogen-bond donors (Lipinski definition) is 0. The molecule has 1 aliphatic heterocycles. The van der Waals surface area contributed by atoms with Crippen LogP contribution < -0.4 is 9.64 Å². The van der Waals surface area contributed by atoms with E-state index in [2.05, 4.69) is 0 Å². The number of halogens is 2. The Balaban J connectivity index is 1.40. The van der Waals surface area contributed by atoms with Gasteiger partial charge >= 0.3 is 5.97 Å². The summed E-state index contributed by atoms with van der Waals surface area (Å²) >= 11 is 5.88. The van der Waals surface area contributed by atoms with Crippen LogP contribution in [0.3, 0.4) is 0 Å². The number of ether oxygens (including phenoxy) is 2. The molecule has 0 aromatic heterocycles. The third-order valence-electron chi connectivity index (χ3n) is 4.66. The molecule has 0 spiro atoms. The van der Waals surface area contributed by atoms with Crippen molar-refractivity contribution in [2.24, 2.45) is 0 Å². The predicted octanol–water partition coefficient (Wildman–Crippen LogP) is 3.06. The van der Waals surface area contributed by atoms with Gasteiger partial charge in [-0.3, -0.25) is 4.79 Å². The largest absolute Gasteiger partial charge is 0.482 e. The minimum Gasteiger partial charge on any atom is -0.482 e. The number of para-hydroxylation sites is 1. The lowest BCUT2D eigenvalue weighted by Gasteiger charge is -2.36. The van der Waals surface area contributed by atoms with E-state index in [0.29, 0.717) is 42.6 Å². The SMILES string of the molecule is Cc1cc(Cl)ccc1OCC(=O)OCC(=O)N1CCN(c2ccccc2F)CC1. The number of piperazine rings is 1. The molecule has 0 atom stereocenters. The van der Waals surface area contributed by atoms with E-state index in [1.54, 1.807) is 41.3 Å². The standard InChI is InChI=1S/C21H22ClFN2O4/c1-15-12-16(22)6-7-19(15)28-14-21(27)29-13-20(26)25-10-8-24(9-11-25)18-5-3-2-4-17(18)23/h2-7,12H,8-11,13-14H2,1H3. The maximum atomic E-state index is 13.9. The maximum Gasteiger partial charge on any atom is 0.344 e. The topological polar surface area (TPSA) is 59.1 Å². The molecule has 0 saturated carbocycles. The molecular weight excluding hydrogens is 399 g/mol. The Kier molecular flexibility index (Phi) is 6.93. The summed E-state index contributed by atoms with van der Waals surface area (Å²) in [7, 11) is 0. The van der Waals surface area contributed by atoms with E-state index in [1.165, 1.54) is 6.07 Å². The van der Waals surface area contributed by atoms with Crippen molar-refractivity contribution in [2.75, 3.05) is 44.3 Å². The van der Waals surface area contributed by atoms with Crippen molar-refractivity contribution in [3.8, 4) is 5.75 Å². The highest BCUT2D eigenvalue weighted by Crippen LogP contribution is 2.22. The fourth-order valence-corrected chi connectivity index (χ4v) is 3.32. The van der Waals surface area contributed by atoms with Crippen LogP contribution in [0.2, 0.25) is 5.02 Å². The Morgan fingerprint density at radius 1 is 1.07 bits per heavy atom. The number of hydrogen-bond acceptors (Lipinski definition) is 5. The summed E-state index contributed by atoms with van der Waals surface area (Å²) in [5.74, 6) is -0.661. The summed E-state index contributed by atoms with van der Waals surface area (Å²) in [4.78, 5) is 27.6. The minimum atomic E-state index is -0.627. The molecule has 8 heteroatoms. The van der Waals surface area contributed by atoms with Crippen molar-refractivity contribution < 1.29 is 23.5 Å². The normalized spacial score (nSPS) is 13.9. The number of carbonyl (C=O) groups excluding carboxylic acids is 2. The molecule has 1 saturated heterocycles. The van der Waals surface area contributed by atoms with Crippen LogP contribution in [0.1, 0.15) is 5.56 Å². The Morgan fingerprint density at radius 2 is 1.79 bits per heavy atom. The van der Waals surface area contributed by atoms with E-state index in [1.807, 2.05) is 11.8 Å². The average Bonchev–Trinajstić information content (AvgIpc) is 2.72. The lowest BCUT2D eigenvalue weighted by molar-refractivity contribution is -0.153. The second kappa shape index (κ2) is 9.60. The first kappa shape index (κ1) is 20.9. The number of anilines is 1. The van der Waals surface area contributed by atoms with Gasteiger partial charge in [0.1, 0.15) is 11.6 Å². The molecule has 0 aliphatic carbocycles. The molecule has 6 nitrogen and oxygen atoms in total. The predicted molar refractivity (Wildman–Crippen MR) is 108 cm³/mol. The van der Waals surface area contributed by atoms with Gasteiger partial charge in [0, 0.05) is 31.2 Å². The molecule has 0 bridgehead atoms. The maximum absolute atomic E-state index is 13.9. The number of carbonyl (C=O) groups is 2. The van der Waals surface area contributed by atoms with Crippen LogP contribution in [0.25, 0.3) is 0 Å². The van der Waals surface area contributed by atoms with Gasteiger partial charge < -0.3 is 19.3 Å². The van der Waals surface area contributed by atoms with E-state index in [4.69, 9.17) is 21.1 Å². The Morgan fingerprint density at radius 3 is 2.48 bits per heavy atom. The highest BCUT2D eigenvalue weighted by Gasteiger charge is 2.23. The first-order chi connectivity index (χ1) is 13.9. The fraction of sp³-hybridized carbons (Fsp3) is 0.333. The van der Waals surface area contributed by atoms with E-state index in [-0.39, 0.29) is 24.9 Å². The molecule has 0 radical (unpaired) electrons. The third-order valence-corrected chi connectivity index (χ3v) is 4.90. The van der Waals surface area contributed by atoms with Gasteiger partial charge in [-0.2, -0.15) is 0 Å². The number of esters is 1. The van der Waals surface area contributed by atoms with Crippen molar-refractivity contribution in [1.82, 2.24) is 4.90 Å². The second-order valence-electron chi connectivity index (χ2n) is 6.68. The van der Waals surface area contributed by atoms with Gasteiger partial charge in [0.2, 0.25) is 0 Å². The average molecular weight is 421 g/mol. The summed E-state index contributed by atoms with van der Waals surface area (Å²) in [5, 5.41) is 0.582. The summed E-state index contributed by atoms with van der Waals surface area (Å²) in [6.45, 7) is 3.07. The van der Waals surface area contributed by atoms with Gasteiger partial charge in [-0.05, 0) is 42.8 Å².